The predicted molar refractivity (Wildman–Crippen MR) is 78.8 cm³/mol. The Morgan fingerprint density at radius 1 is 1.43 bits per heavy atom. The van der Waals surface area contributed by atoms with Gasteiger partial charge in [0, 0.05) is 25.7 Å². The van der Waals surface area contributed by atoms with Gasteiger partial charge in [-0.05, 0) is 26.2 Å². The third-order valence-corrected chi connectivity index (χ3v) is 3.70. The topological polar surface area (TPSA) is 72.3 Å². The molecule has 1 N–H and O–H groups in total. The Hall–Kier alpha value is -1.63. The van der Waals surface area contributed by atoms with Crippen molar-refractivity contribution in [1.29, 1.82) is 0 Å². The first-order valence-electron chi connectivity index (χ1n) is 7.76. The SMILES string of the molecule is CCCn1ncnc1CNC1CCN(C(=O)OCC)CC1. The molecule has 0 atom stereocenters. The van der Waals surface area contributed by atoms with Gasteiger partial charge in [0.05, 0.1) is 13.2 Å². The minimum atomic E-state index is -0.196. The monoisotopic (exact) mass is 295 g/mol. The van der Waals surface area contributed by atoms with E-state index in [1.807, 2.05) is 11.6 Å². The second-order valence-electron chi connectivity index (χ2n) is 5.24. The molecule has 1 fully saturated rings. The summed E-state index contributed by atoms with van der Waals surface area (Å²) in [5.74, 6) is 0.977. The molecule has 7 heteroatoms. The maximum atomic E-state index is 11.6. The lowest BCUT2D eigenvalue weighted by atomic mass is 10.1. The number of aromatic nitrogens is 3. The van der Waals surface area contributed by atoms with Gasteiger partial charge in [0.15, 0.2) is 0 Å². The Morgan fingerprint density at radius 3 is 2.86 bits per heavy atom. The summed E-state index contributed by atoms with van der Waals surface area (Å²) in [6, 6.07) is 0.419. The van der Waals surface area contributed by atoms with Gasteiger partial charge in [-0.25, -0.2) is 14.5 Å². The van der Waals surface area contributed by atoms with Crippen molar-refractivity contribution in [1.82, 2.24) is 25.0 Å². The Labute approximate surface area is 125 Å². The molecule has 0 radical (unpaired) electrons. The summed E-state index contributed by atoms with van der Waals surface area (Å²) >= 11 is 0. The highest BCUT2D eigenvalue weighted by Gasteiger charge is 2.23. The molecule has 0 aromatic carbocycles. The van der Waals surface area contributed by atoms with Crippen LogP contribution < -0.4 is 5.32 Å². The zero-order chi connectivity index (χ0) is 15.1. The maximum absolute atomic E-state index is 11.6. The van der Waals surface area contributed by atoms with Crippen molar-refractivity contribution >= 4 is 6.09 Å². The van der Waals surface area contributed by atoms with E-state index in [2.05, 4.69) is 22.3 Å². The van der Waals surface area contributed by atoms with Crippen LogP contribution in [0.25, 0.3) is 0 Å². The van der Waals surface area contributed by atoms with Gasteiger partial charge in [0.1, 0.15) is 12.2 Å². The number of amides is 1. The Kier molecular flexibility index (Phi) is 5.98. The van der Waals surface area contributed by atoms with Crippen molar-refractivity contribution in [2.45, 2.75) is 52.2 Å². The van der Waals surface area contributed by atoms with Gasteiger partial charge in [-0.15, -0.1) is 0 Å². The van der Waals surface area contributed by atoms with Gasteiger partial charge < -0.3 is 15.0 Å². The minimum Gasteiger partial charge on any atom is -0.450 e. The molecule has 2 rings (SSSR count). The molecule has 21 heavy (non-hydrogen) atoms. The second kappa shape index (κ2) is 7.97. The molecule has 118 valence electrons. The molecule has 1 saturated heterocycles. The van der Waals surface area contributed by atoms with Crippen molar-refractivity contribution < 1.29 is 9.53 Å². The summed E-state index contributed by atoms with van der Waals surface area (Å²) in [6.07, 6.45) is 4.35. The summed E-state index contributed by atoms with van der Waals surface area (Å²) in [5.41, 5.74) is 0. The van der Waals surface area contributed by atoms with E-state index >= 15 is 0 Å². The van der Waals surface area contributed by atoms with Crippen LogP contribution >= 0.6 is 0 Å². The summed E-state index contributed by atoms with van der Waals surface area (Å²) in [6.45, 7) is 7.52. The molecule has 0 unspecified atom stereocenters. The predicted octanol–water partition coefficient (Wildman–Crippen LogP) is 1.40. The number of aryl methyl sites for hydroxylation is 1. The van der Waals surface area contributed by atoms with Gasteiger partial charge in [-0.1, -0.05) is 6.92 Å². The second-order valence-corrected chi connectivity index (χ2v) is 5.24. The van der Waals surface area contributed by atoms with Crippen molar-refractivity contribution in [3.8, 4) is 0 Å². The number of nitrogens with one attached hydrogen (secondary N) is 1. The zero-order valence-electron chi connectivity index (χ0n) is 12.9. The van der Waals surface area contributed by atoms with E-state index in [4.69, 9.17) is 4.74 Å². The molecule has 1 aromatic rings. The van der Waals surface area contributed by atoms with Crippen LogP contribution in [0.15, 0.2) is 6.33 Å². The summed E-state index contributed by atoms with van der Waals surface area (Å²) in [4.78, 5) is 17.7. The van der Waals surface area contributed by atoms with E-state index in [-0.39, 0.29) is 6.09 Å². The van der Waals surface area contributed by atoms with Crippen LogP contribution in [0.5, 0.6) is 0 Å². The van der Waals surface area contributed by atoms with E-state index in [0.717, 1.165) is 51.3 Å². The standard InChI is InChI=1S/C14H25N5O2/c1-3-7-19-13(16-11-17-19)10-15-12-5-8-18(9-6-12)14(20)21-4-2/h11-12,15H,3-10H2,1-2H3. The van der Waals surface area contributed by atoms with Gasteiger partial charge in [0.25, 0.3) is 0 Å². The third-order valence-electron chi connectivity index (χ3n) is 3.70. The molecule has 1 aliphatic rings. The molecule has 1 aliphatic heterocycles. The first-order valence-corrected chi connectivity index (χ1v) is 7.76. The van der Waals surface area contributed by atoms with Gasteiger partial charge in [-0.2, -0.15) is 5.10 Å². The van der Waals surface area contributed by atoms with E-state index in [1.165, 1.54) is 0 Å². The normalized spacial score (nSPS) is 16.2. The van der Waals surface area contributed by atoms with Crippen LogP contribution in [0.1, 0.15) is 38.9 Å². The van der Waals surface area contributed by atoms with Crippen LogP contribution in [0.2, 0.25) is 0 Å². The van der Waals surface area contributed by atoms with Crippen LogP contribution in [0, 0.1) is 0 Å². The lowest BCUT2D eigenvalue weighted by Gasteiger charge is -2.31. The fraction of sp³-hybridized carbons (Fsp3) is 0.786. The first kappa shape index (κ1) is 15.8. The molecular formula is C14H25N5O2. The minimum absolute atomic E-state index is 0.196. The number of piperidine rings is 1. The van der Waals surface area contributed by atoms with Crippen LogP contribution in [0.4, 0.5) is 4.79 Å². The third kappa shape index (κ3) is 4.42. The number of ether oxygens (including phenoxy) is 1. The number of hydrogen-bond acceptors (Lipinski definition) is 5. The molecule has 7 nitrogen and oxygen atoms in total. The first-order chi connectivity index (χ1) is 10.2. The van der Waals surface area contributed by atoms with Gasteiger partial charge in [0.2, 0.25) is 0 Å². The molecule has 1 amide bonds. The highest BCUT2D eigenvalue weighted by atomic mass is 16.6. The molecular weight excluding hydrogens is 270 g/mol. The fourth-order valence-corrected chi connectivity index (χ4v) is 2.54. The molecule has 0 saturated carbocycles. The number of hydrogen-bond donors (Lipinski definition) is 1. The summed E-state index contributed by atoms with van der Waals surface area (Å²) in [5, 5.41) is 7.73. The quantitative estimate of drug-likeness (QED) is 0.859. The Balaban J connectivity index is 1.73. The number of carbonyl (C=O) groups is 1. The molecule has 1 aromatic heterocycles. The van der Waals surface area contributed by atoms with Crippen LogP contribution in [0.3, 0.4) is 0 Å². The summed E-state index contributed by atoms with van der Waals surface area (Å²) < 4.78 is 6.97. The van der Waals surface area contributed by atoms with Crippen molar-refractivity contribution in [3.05, 3.63) is 12.2 Å². The smallest absolute Gasteiger partial charge is 0.409 e. The summed E-state index contributed by atoms with van der Waals surface area (Å²) in [7, 11) is 0. The highest BCUT2D eigenvalue weighted by Crippen LogP contribution is 2.12. The lowest BCUT2D eigenvalue weighted by molar-refractivity contribution is 0.0949. The van der Waals surface area contributed by atoms with Crippen LogP contribution in [-0.4, -0.2) is 51.5 Å². The average molecular weight is 295 g/mol. The highest BCUT2D eigenvalue weighted by molar-refractivity contribution is 5.67. The van der Waals surface area contributed by atoms with Crippen LogP contribution in [-0.2, 0) is 17.8 Å². The lowest BCUT2D eigenvalue weighted by Crippen LogP contribution is -2.45. The Morgan fingerprint density at radius 2 is 2.19 bits per heavy atom. The maximum Gasteiger partial charge on any atom is 0.409 e. The van der Waals surface area contributed by atoms with E-state index in [9.17, 15) is 4.79 Å². The zero-order valence-corrected chi connectivity index (χ0v) is 12.9. The number of nitrogens with zero attached hydrogens (tertiary/aromatic N) is 4. The fourth-order valence-electron chi connectivity index (χ4n) is 2.54. The van der Waals surface area contributed by atoms with E-state index in [1.54, 1.807) is 11.2 Å². The molecule has 0 spiro atoms. The molecule has 0 bridgehead atoms. The van der Waals surface area contributed by atoms with Crippen molar-refractivity contribution in [2.75, 3.05) is 19.7 Å². The molecule has 0 aliphatic carbocycles. The van der Waals surface area contributed by atoms with Gasteiger partial charge in [-0.3, -0.25) is 0 Å². The number of carbonyl (C=O) groups excluding carboxylic acids is 1. The molecule has 2 heterocycles. The largest absolute Gasteiger partial charge is 0.450 e. The number of likely N-dealkylation sites (tertiary alicyclic amines) is 1. The average Bonchev–Trinajstić information content (AvgIpc) is 2.94. The van der Waals surface area contributed by atoms with Gasteiger partial charge >= 0.3 is 6.09 Å². The van der Waals surface area contributed by atoms with E-state index in [0.29, 0.717) is 12.6 Å². The van der Waals surface area contributed by atoms with E-state index < -0.39 is 0 Å². The Bertz CT molecular complexity index is 440. The van der Waals surface area contributed by atoms with Crippen molar-refractivity contribution in [2.24, 2.45) is 0 Å². The number of rotatable bonds is 6. The van der Waals surface area contributed by atoms with Crippen molar-refractivity contribution in [3.63, 3.8) is 0 Å².